The second-order valence-electron chi connectivity index (χ2n) is 5.01. The summed E-state index contributed by atoms with van der Waals surface area (Å²) in [7, 11) is 0. The topological polar surface area (TPSA) is 125 Å². The van der Waals surface area contributed by atoms with Crippen LogP contribution < -0.4 is 10.9 Å². The Labute approximate surface area is 141 Å². The molecule has 0 saturated carbocycles. The number of amides is 1. The Morgan fingerprint density at radius 3 is 2.79 bits per heavy atom. The fourth-order valence-corrected chi connectivity index (χ4v) is 2.46. The number of H-pyrrole nitrogens is 1. The number of aliphatic carboxylic acids is 1. The number of thioether (sulfide) groups is 1. The van der Waals surface area contributed by atoms with Crippen molar-refractivity contribution in [3.8, 4) is 0 Å². The molecule has 126 valence electrons. The molecule has 0 bridgehead atoms. The quantitative estimate of drug-likeness (QED) is 0.642. The van der Waals surface area contributed by atoms with E-state index >= 15 is 0 Å². The highest BCUT2D eigenvalue weighted by molar-refractivity contribution is 7.99. The van der Waals surface area contributed by atoms with Gasteiger partial charge in [-0.25, -0.2) is 0 Å². The van der Waals surface area contributed by atoms with Crippen molar-refractivity contribution in [2.24, 2.45) is 0 Å². The molecule has 1 aromatic carbocycles. The molecule has 0 saturated heterocycles. The van der Waals surface area contributed by atoms with Crippen molar-refractivity contribution in [2.45, 2.75) is 24.9 Å². The highest BCUT2D eigenvalue weighted by Crippen LogP contribution is 2.13. The molecule has 1 heterocycles. The number of carbonyl (C=O) groups is 2. The summed E-state index contributed by atoms with van der Waals surface area (Å²) in [6, 6.07) is 7.41. The average molecular weight is 348 g/mol. The molecular weight excluding hydrogens is 332 g/mol. The van der Waals surface area contributed by atoms with Crippen molar-refractivity contribution >= 4 is 29.3 Å². The summed E-state index contributed by atoms with van der Waals surface area (Å²) in [5, 5.41) is 19.1. The summed E-state index contributed by atoms with van der Waals surface area (Å²) >= 11 is 1.04. The number of nitrogens with zero attached hydrogens (tertiary/aromatic N) is 2. The van der Waals surface area contributed by atoms with E-state index in [9.17, 15) is 14.4 Å². The first-order valence-electron chi connectivity index (χ1n) is 7.11. The van der Waals surface area contributed by atoms with E-state index in [2.05, 4.69) is 20.5 Å². The van der Waals surface area contributed by atoms with Gasteiger partial charge < -0.3 is 10.4 Å². The molecule has 8 nitrogen and oxygen atoms in total. The highest BCUT2D eigenvalue weighted by Gasteiger charge is 2.09. The summed E-state index contributed by atoms with van der Waals surface area (Å²) in [5.41, 5.74) is 1.30. The summed E-state index contributed by atoms with van der Waals surface area (Å²) in [4.78, 5) is 36.6. The largest absolute Gasteiger partial charge is 0.481 e. The minimum absolute atomic E-state index is 0.0104. The standard InChI is InChI=1S/C15H16N4O4S/c1-9-3-2-4-10(7-9)16-12(20)8-24-15-17-14(23)11(18-19-15)5-6-13(21)22/h2-4,7H,5-6,8H2,1H3,(H,16,20)(H,21,22)(H,17,19,23). The summed E-state index contributed by atoms with van der Waals surface area (Å²) in [6.45, 7) is 1.93. The number of rotatable bonds is 7. The minimum Gasteiger partial charge on any atom is -0.481 e. The van der Waals surface area contributed by atoms with Gasteiger partial charge in [0.25, 0.3) is 5.56 Å². The Morgan fingerprint density at radius 2 is 2.12 bits per heavy atom. The first-order chi connectivity index (χ1) is 11.4. The molecule has 2 aromatic rings. The van der Waals surface area contributed by atoms with Crippen LogP contribution in [-0.4, -0.2) is 37.9 Å². The smallest absolute Gasteiger partial charge is 0.303 e. The van der Waals surface area contributed by atoms with Crippen molar-refractivity contribution in [1.29, 1.82) is 0 Å². The molecule has 0 fully saturated rings. The zero-order chi connectivity index (χ0) is 17.5. The number of hydrogen-bond acceptors (Lipinski definition) is 6. The molecule has 0 radical (unpaired) electrons. The molecule has 0 unspecified atom stereocenters. The molecule has 1 amide bonds. The average Bonchev–Trinajstić information content (AvgIpc) is 2.52. The SMILES string of the molecule is Cc1cccc(NC(=O)CSc2nnc(CCC(=O)O)c(=O)[nH]2)c1. The third-order valence-electron chi connectivity index (χ3n) is 2.96. The predicted octanol–water partition coefficient (Wildman–Crippen LogP) is 1.22. The Morgan fingerprint density at radius 1 is 1.33 bits per heavy atom. The van der Waals surface area contributed by atoms with Gasteiger partial charge >= 0.3 is 5.97 Å². The zero-order valence-electron chi connectivity index (χ0n) is 12.9. The summed E-state index contributed by atoms with van der Waals surface area (Å²) < 4.78 is 0. The van der Waals surface area contributed by atoms with E-state index < -0.39 is 11.5 Å². The van der Waals surface area contributed by atoms with Crippen LogP contribution in [0.1, 0.15) is 17.7 Å². The van der Waals surface area contributed by atoms with Crippen LogP contribution in [-0.2, 0) is 16.0 Å². The lowest BCUT2D eigenvalue weighted by Crippen LogP contribution is -2.19. The first kappa shape index (κ1) is 17.7. The lowest BCUT2D eigenvalue weighted by atomic mass is 10.2. The molecule has 0 spiro atoms. The Kier molecular flexibility index (Phi) is 6.07. The summed E-state index contributed by atoms with van der Waals surface area (Å²) in [6.07, 6.45) is -0.181. The van der Waals surface area contributed by atoms with Gasteiger partial charge in [0.2, 0.25) is 5.91 Å². The molecule has 1 aromatic heterocycles. The molecule has 3 N–H and O–H groups in total. The lowest BCUT2D eigenvalue weighted by Gasteiger charge is -2.05. The van der Waals surface area contributed by atoms with Crippen molar-refractivity contribution in [3.05, 3.63) is 45.9 Å². The number of aromatic amines is 1. The van der Waals surface area contributed by atoms with E-state index in [0.29, 0.717) is 5.69 Å². The van der Waals surface area contributed by atoms with Crippen LogP contribution in [0.3, 0.4) is 0 Å². The van der Waals surface area contributed by atoms with Gasteiger partial charge in [-0.3, -0.25) is 19.4 Å². The number of anilines is 1. The van der Waals surface area contributed by atoms with Crippen LogP contribution in [0.15, 0.2) is 34.2 Å². The molecule has 2 rings (SSSR count). The van der Waals surface area contributed by atoms with Gasteiger partial charge in [0.1, 0.15) is 5.69 Å². The van der Waals surface area contributed by atoms with Crippen LogP contribution in [0.4, 0.5) is 5.69 Å². The maximum absolute atomic E-state index is 11.9. The van der Waals surface area contributed by atoms with Crippen molar-refractivity contribution < 1.29 is 14.7 Å². The van der Waals surface area contributed by atoms with Gasteiger partial charge in [-0.1, -0.05) is 23.9 Å². The summed E-state index contributed by atoms with van der Waals surface area (Å²) in [5.74, 6) is -1.18. The van der Waals surface area contributed by atoms with Gasteiger partial charge in [-0.15, -0.1) is 10.2 Å². The Balaban J connectivity index is 1.89. The second-order valence-corrected chi connectivity index (χ2v) is 5.97. The molecule has 0 aliphatic rings. The van der Waals surface area contributed by atoms with Gasteiger partial charge in [0.05, 0.1) is 12.2 Å². The van der Waals surface area contributed by atoms with Crippen molar-refractivity contribution in [1.82, 2.24) is 15.2 Å². The highest BCUT2D eigenvalue weighted by atomic mass is 32.2. The van der Waals surface area contributed by atoms with Crippen LogP contribution in [0.25, 0.3) is 0 Å². The first-order valence-corrected chi connectivity index (χ1v) is 8.09. The Bertz CT molecular complexity index is 806. The number of carboxylic acid groups (broad SMARTS) is 1. The fraction of sp³-hybridized carbons (Fsp3) is 0.267. The number of carboxylic acids is 1. The lowest BCUT2D eigenvalue weighted by molar-refractivity contribution is -0.137. The van der Waals surface area contributed by atoms with Crippen molar-refractivity contribution in [3.63, 3.8) is 0 Å². The van der Waals surface area contributed by atoms with E-state index in [-0.39, 0.29) is 35.4 Å². The van der Waals surface area contributed by atoms with E-state index in [4.69, 9.17) is 5.11 Å². The van der Waals surface area contributed by atoms with Crippen LogP contribution in [0.5, 0.6) is 0 Å². The maximum atomic E-state index is 11.9. The van der Waals surface area contributed by atoms with Crippen LogP contribution >= 0.6 is 11.8 Å². The number of aryl methyl sites for hydroxylation is 2. The molecule has 0 atom stereocenters. The number of nitrogens with one attached hydrogen (secondary N) is 2. The van der Waals surface area contributed by atoms with Gasteiger partial charge in [-0.05, 0) is 24.6 Å². The number of aromatic nitrogens is 3. The molecular formula is C15H16N4O4S. The van der Waals surface area contributed by atoms with E-state index in [0.717, 1.165) is 17.3 Å². The van der Waals surface area contributed by atoms with Gasteiger partial charge in [0, 0.05) is 12.1 Å². The molecule has 0 aliphatic carbocycles. The molecule has 24 heavy (non-hydrogen) atoms. The zero-order valence-corrected chi connectivity index (χ0v) is 13.7. The predicted molar refractivity (Wildman–Crippen MR) is 89.1 cm³/mol. The number of carbonyl (C=O) groups excluding carboxylic acids is 1. The van der Waals surface area contributed by atoms with Crippen LogP contribution in [0.2, 0.25) is 0 Å². The molecule has 9 heteroatoms. The second kappa shape index (κ2) is 8.25. The van der Waals surface area contributed by atoms with E-state index in [1.165, 1.54) is 0 Å². The normalized spacial score (nSPS) is 10.4. The number of benzene rings is 1. The third-order valence-corrected chi connectivity index (χ3v) is 3.83. The Hall–Kier alpha value is -2.68. The van der Waals surface area contributed by atoms with Gasteiger partial charge in [-0.2, -0.15) is 0 Å². The number of hydrogen-bond donors (Lipinski definition) is 3. The fourth-order valence-electron chi connectivity index (χ4n) is 1.85. The molecule has 0 aliphatic heterocycles. The van der Waals surface area contributed by atoms with E-state index in [1.807, 2.05) is 25.1 Å². The maximum Gasteiger partial charge on any atom is 0.303 e. The third kappa shape index (κ3) is 5.51. The van der Waals surface area contributed by atoms with Gasteiger partial charge in [0.15, 0.2) is 5.16 Å². The van der Waals surface area contributed by atoms with E-state index in [1.54, 1.807) is 6.07 Å². The van der Waals surface area contributed by atoms with Crippen LogP contribution in [0, 0.1) is 6.92 Å². The van der Waals surface area contributed by atoms with Crippen molar-refractivity contribution in [2.75, 3.05) is 11.1 Å². The minimum atomic E-state index is -1.01. The monoisotopic (exact) mass is 348 g/mol.